The number of para-hydroxylation sites is 1. The van der Waals surface area contributed by atoms with Crippen molar-refractivity contribution in [1.82, 2.24) is 15.1 Å². The van der Waals surface area contributed by atoms with Gasteiger partial charge in [-0.1, -0.05) is 18.2 Å². The number of rotatable bonds is 6. The number of ether oxygens (including phenoxy) is 2. The van der Waals surface area contributed by atoms with Gasteiger partial charge in [-0.25, -0.2) is 0 Å². The fraction of sp³-hybridized carbons (Fsp3) is 0.611. The molecule has 2 saturated heterocycles. The highest BCUT2D eigenvalue weighted by atomic mass is 16.5. The van der Waals surface area contributed by atoms with E-state index in [4.69, 9.17) is 9.47 Å². The summed E-state index contributed by atoms with van der Waals surface area (Å²) in [7, 11) is 0. The van der Waals surface area contributed by atoms with Gasteiger partial charge in [-0.3, -0.25) is 9.69 Å². The number of carbonyl (C=O) groups is 1. The van der Waals surface area contributed by atoms with Crippen molar-refractivity contribution in [1.29, 1.82) is 0 Å². The monoisotopic (exact) mass is 333 g/mol. The Bertz CT molecular complexity index is 497. The van der Waals surface area contributed by atoms with Crippen LogP contribution in [-0.4, -0.2) is 80.8 Å². The van der Waals surface area contributed by atoms with E-state index >= 15 is 0 Å². The van der Waals surface area contributed by atoms with Crippen molar-refractivity contribution in [3.8, 4) is 5.75 Å². The maximum Gasteiger partial charge on any atom is 0.224 e. The van der Waals surface area contributed by atoms with Crippen LogP contribution in [0.15, 0.2) is 30.3 Å². The number of hydrogen-bond acceptors (Lipinski definition) is 5. The molecule has 1 amide bonds. The lowest BCUT2D eigenvalue weighted by atomic mass is 10.1. The summed E-state index contributed by atoms with van der Waals surface area (Å²) in [6, 6.07) is 10.1. The molecule has 0 aliphatic carbocycles. The Kier molecular flexibility index (Phi) is 6.46. The van der Waals surface area contributed by atoms with E-state index in [1.165, 1.54) is 0 Å². The summed E-state index contributed by atoms with van der Waals surface area (Å²) in [6.07, 6.45) is 0.539. The van der Waals surface area contributed by atoms with Gasteiger partial charge in [0, 0.05) is 51.7 Å². The van der Waals surface area contributed by atoms with Gasteiger partial charge in [-0.2, -0.15) is 0 Å². The van der Waals surface area contributed by atoms with Crippen molar-refractivity contribution in [2.75, 3.05) is 59.1 Å². The van der Waals surface area contributed by atoms with Crippen LogP contribution in [-0.2, 0) is 9.53 Å². The maximum atomic E-state index is 12.4. The van der Waals surface area contributed by atoms with Crippen molar-refractivity contribution >= 4 is 5.91 Å². The van der Waals surface area contributed by atoms with Crippen LogP contribution in [0.4, 0.5) is 0 Å². The number of hydrogen-bond donors (Lipinski definition) is 1. The van der Waals surface area contributed by atoms with Crippen LogP contribution in [0.5, 0.6) is 5.75 Å². The van der Waals surface area contributed by atoms with Crippen molar-refractivity contribution in [3.63, 3.8) is 0 Å². The number of morpholine rings is 1. The van der Waals surface area contributed by atoms with E-state index < -0.39 is 0 Å². The summed E-state index contributed by atoms with van der Waals surface area (Å²) < 4.78 is 11.2. The van der Waals surface area contributed by atoms with Crippen LogP contribution in [0.1, 0.15) is 6.42 Å². The van der Waals surface area contributed by atoms with E-state index in [2.05, 4.69) is 10.2 Å². The summed E-state index contributed by atoms with van der Waals surface area (Å²) in [5, 5.41) is 3.34. The number of nitrogens with zero attached hydrogens (tertiary/aromatic N) is 2. The molecular formula is C18H27N3O3. The van der Waals surface area contributed by atoms with Crippen molar-refractivity contribution in [2.45, 2.75) is 12.5 Å². The molecular weight excluding hydrogens is 306 g/mol. The number of nitrogens with one attached hydrogen (secondary N) is 1. The molecule has 1 N–H and O–H groups in total. The third-order valence-electron chi connectivity index (χ3n) is 4.56. The first-order valence-corrected chi connectivity index (χ1v) is 8.80. The van der Waals surface area contributed by atoms with E-state index in [-0.39, 0.29) is 11.9 Å². The lowest BCUT2D eigenvalue weighted by Gasteiger charge is -2.35. The number of amides is 1. The van der Waals surface area contributed by atoms with E-state index in [1.54, 1.807) is 0 Å². The highest BCUT2D eigenvalue weighted by Gasteiger charge is 2.24. The molecule has 1 atom stereocenters. The second-order valence-electron chi connectivity index (χ2n) is 6.31. The van der Waals surface area contributed by atoms with Gasteiger partial charge < -0.3 is 19.7 Å². The molecule has 1 aromatic carbocycles. The van der Waals surface area contributed by atoms with Crippen molar-refractivity contribution < 1.29 is 14.3 Å². The average molecular weight is 333 g/mol. The zero-order chi connectivity index (χ0) is 16.6. The fourth-order valence-corrected chi connectivity index (χ4v) is 3.12. The summed E-state index contributed by atoms with van der Waals surface area (Å²) >= 11 is 0. The Morgan fingerprint density at radius 1 is 1.21 bits per heavy atom. The average Bonchev–Trinajstić information content (AvgIpc) is 2.64. The molecule has 0 unspecified atom stereocenters. The molecule has 2 aliphatic heterocycles. The Balaban J connectivity index is 1.32. The Morgan fingerprint density at radius 3 is 2.71 bits per heavy atom. The molecule has 0 bridgehead atoms. The van der Waals surface area contributed by atoms with E-state index in [0.717, 1.165) is 51.6 Å². The SMILES string of the molecule is O=C(C[C@@H]1COCCN1)N1CCN(CCOc2ccccc2)CC1. The minimum Gasteiger partial charge on any atom is -0.492 e. The van der Waals surface area contributed by atoms with Crippen LogP contribution < -0.4 is 10.1 Å². The van der Waals surface area contributed by atoms with Crippen LogP contribution >= 0.6 is 0 Å². The first-order valence-electron chi connectivity index (χ1n) is 8.80. The van der Waals surface area contributed by atoms with Gasteiger partial charge in [0.25, 0.3) is 0 Å². The standard InChI is InChI=1S/C18H27N3O3/c22-18(14-16-15-23-12-6-19-16)21-9-7-20(8-10-21)11-13-24-17-4-2-1-3-5-17/h1-5,16,19H,6-15H2/t16-/m1/s1. The summed E-state index contributed by atoms with van der Waals surface area (Å²) in [4.78, 5) is 16.7. The van der Waals surface area contributed by atoms with Gasteiger partial charge in [0.05, 0.1) is 13.2 Å². The molecule has 2 heterocycles. The first kappa shape index (κ1) is 17.2. The van der Waals surface area contributed by atoms with Gasteiger partial charge in [0.1, 0.15) is 12.4 Å². The highest BCUT2D eigenvalue weighted by Crippen LogP contribution is 2.10. The first-order chi connectivity index (χ1) is 11.8. The smallest absolute Gasteiger partial charge is 0.224 e. The van der Waals surface area contributed by atoms with E-state index in [1.807, 2.05) is 35.2 Å². The summed E-state index contributed by atoms with van der Waals surface area (Å²) in [6.45, 7) is 7.24. The Morgan fingerprint density at radius 2 is 2.00 bits per heavy atom. The molecule has 24 heavy (non-hydrogen) atoms. The van der Waals surface area contributed by atoms with Crippen LogP contribution in [0.2, 0.25) is 0 Å². The van der Waals surface area contributed by atoms with Crippen LogP contribution in [0.3, 0.4) is 0 Å². The lowest BCUT2D eigenvalue weighted by molar-refractivity contribution is -0.134. The van der Waals surface area contributed by atoms with Crippen LogP contribution in [0, 0.1) is 0 Å². The zero-order valence-electron chi connectivity index (χ0n) is 14.2. The predicted octanol–water partition coefficient (Wildman–Crippen LogP) is 0.588. The summed E-state index contributed by atoms with van der Waals surface area (Å²) in [5.41, 5.74) is 0. The molecule has 0 aromatic heterocycles. The van der Waals surface area contributed by atoms with Gasteiger partial charge in [-0.15, -0.1) is 0 Å². The summed E-state index contributed by atoms with van der Waals surface area (Å²) in [5.74, 6) is 1.15. The van der Waals surface area contributed by atoms with Gasteiger partial charge in [0.15, 0.2) is 0 Å². The molecule has 6 nitrogen and oxygen atoms in total. The fourth-order valence-electron chi connectivity index (χ4n) is 3.12. The number of benzene rings is 1. The van der Waals surface area contributed by atoms with Gasteiger partial charge in [-0.05, 0) is 12.1 Å². The predicted molar refractivity (Wildman–Crippen MR) is 92.2 cm³/mol. The second kappa shape index (κ2) is 9.01. The van der Waals surface area contributed by atoms with Crippen molar-refractivity contribution in [3.05, 3.63) is 30.3 Å². The van der Waals surface area contributed by atoms with Crippen molar-refractivity contribution in [2.24, 2.45) is 0 Å². The molecule has 6 heteroatoms. The third-order valence-corrected chi connectivity index (χ3v) is 4.56. The van der Waals surface area contributed by atoms with Gasteiger partial charge in [0.2, 0.25) is 5.91 Å². The molecule has 0 saturated carbocycles. The molecule has 2 aliphatic rings. The third kappa shape index (κ3) is 5.19. The molecule has 1 aromatic rings. The molecule has 132 valence electrons. The Hall–Kier alpha value is -1.63. The minimum atomic E-state index is 0.170. The molecule has 2 fully saturated rings. The maximum absolute atomic E-state index is 12.4. The normalized spacial score (nSPS) is 22.3. The van der Waals surface area contributed by atoms with E-state index in [0.29, 0.717) is 19.6 Å². The van der Waals surface area contributed by atoms with E-state index in [9.17, 15) is 4.79 Å². The topological polar surface area (TPSA) is 54.0 Å². The largest absolute Gasteiger partial charge is 0.492 e. The quantitative estimate of drug-likeness (QED) is 0.826. The molecule has 0 radical (unpaired) electrons. The molecule has 3 rings (SSSR count). The second-order valence-corrected chi connectivity index (χ2v) is 6.31. The Labute approximate surface area is 143 Å². The van der Waals surface area contributed by atoms with Crippen LogP contribution in [0.25, 0.3) is 0 Å². The lowest BCUT2D eigenvalue weighted by Crippen LogP contribution is -2.51. The number of carbonyl (C=O) groups excluding carboxylic acids is 1. The van der Waals surface area contributed by atoms with Gasteiger partial charge >= 0.3 is 0 Å². The zero-order valence-corrected chi connectivity index (χ0v) is 14.2. The highest BCUT2D eigenvalue weighted by molar-refractivity contribution is 5.77. The molecule has 0 spiro atoms. The number of piperazine rings is 1. The minimum absolute atomic E-state index is 0.170.